The second-order valence-electron chi connectivity index (χ2n) is 4.50. The number of hydrogen-bond acceptors (Lipinski definition) is 2. The van der Waals surface area contributed by atoms with Gasteiger partial charge in [0.2, 0.25) is 0 Å². The Morgan fingerprint density at radius 3 is 2.88 bits per heavy atom. The summed E-state index contributed by atoms with van der Waals surface area (Å²) in [5.41, 5.74) is 4.92. The SMILES string of the molecule is Cc1cc(C)c2c(c1)N(CC(=O)O)CCC2. The minimum absolute atomic E-state index is 0.107. The van der Waals surface area contributed by atoms with E-state index >= 15 is 0 Å². The molecule has 3 nitrogen and oxygen atoms in total. The van der Waals surface area contributed by atoms with E-state index in [1.54, 1.807) is 0 Å². The van der Waals surface area contributed by atoms with E-state index in [0.29, 0.717) is 0 Å². The van der Waals surface area contributed by atoms with Crippen LogP contribution in [0, 0.1) is 13.8 Å². The van der Waals surface area contributed by atoms with Gasteiger partial charge in [0.05, 0.1) is 0 Å². The van der Waals surface area contributed by atoms with Crippen LogP contribution in [0.5, 0.6) is 0 Å². The Labute approximate surface area is 95.7 Å². The van der Waals surface area contributed by atoms with E-state index in [2.05, 4.69) is 26.0 Å². The van der Waals surface area contributed by atoms with Crippen molar-refractivity contribution in [2.75, 3.05) is 18.0 Å². The zero-order chi connectivity index (χ0) is 11.7. The molecule has 86 valence electrons. The van der Waals surface area contributed by atoms with E-state index in [0.717, 1.165) is 25.1 Å². The molecule has 0 saturated heterocycles. The second-order valence-corrected chi connectivity index (χ2v) is 4.50. The molecule has 0 bridgehead atoms. The van der Waals surface area contributed by atoms with Crippen LogP contribution >= 0.6 is 0 Å². The Morgan fingerprint density at radius 1 is 1.44 bits per heavy atom. The van der Waals surface area contributed by atoms with Gasteiger partial charge in [-0.2, -0.15) is 0 Å². The standard InChI is InChI=1S/C13H17NO2/c1-9-6-10(2)11-4-3-5-14(8-13(15)16)12(11)7-9/h6-7H,3-5,8H2,1-2H3,(H,15,16). The van der Waals surface area contributed by atoms with Gasteiger partial charge in [-0.1, -0.05) is 6.07 Å². The van der Waals surface area contributed by atoms with Gasteiger partial charge >= 0.3 is 5.97 Å². The van der Waals surface area contributed by atoms with Crippen molar-refractivity contribution in [3.63, 3.8) is 0 Å². The lowest BCUT2D eigenvalue weighted by Crippen LogP contribution is -2.34. The van der Waals surface area contributed by atoms with E-state index in [9.17, 15) is 4.79 Å². The highest BCUT2D eigenvalue weighted by Crippen LogP contribution is 2.30. The fourth-order valence-electron chi connectivity index (χ4n) is 2.48. The number of fused-ring (bicyclic) bond motifs is 1. The third kappa shape index (κ3) is 2.03. The third-order valence-corrected chi connectivity index (χ3v) is 3.12. The monoisotopic (exact) mass is 219 g/mol. The molecule has 0 spiro atoms. The minimum atomic E-state index is -0.757. The van der Waals surface area contributed by atoms with Gasteiger partial charge in [-0.3, -0.25) is 4.79 Å². The molecule has 0 fully saturated rings. The number of aliphatic carboxylic acids is 1. The molecule has 1 aromatic carbocycles. The van der Waals surface area contributed by atoms with Crippen molar-refractivity contribution in [2.45, 2.75) is 26.7 Å². The summed E-state index contributed by atoms with van der Waals surface area (Å²) in [5, 5.41) is 8.89. The highest BCUT2D eigenvalue weighted by molar-refractivity contribution is 5.75. The lowest BCUT2D eigenvalue weighted by molar-refractivity contribution is -0.135. The smallest absolute Gasteiger partial charge is 0.323 e. The summed E-state index contributed by atoms with van der Waals surface area (Å²) in [4.78, 5) is 12.8. The molecule has 0 aliphatic carbocycles. The van der Waals surface area contributed by atoms with Crippen molar-refractivity contribution in [1.82, 2.24) is 0 Å². The molecule has 0 amide bonds. The summed E-state index contributed by atoms with van der Waals surface area (Å²) in [7, 11) is 0. The Kier molecular flexibility index (Phi) is 2.86. The van der Waals surface area contributed by atoms with Crippen molar-refractivity contribution in [3.8, 4) is 0 Å². The van der Waals surface area contributed by atoms with Gasteiger partial charge in [0.25, 0.3) is 0 Å². The van der Waals surface area contributed by atoms with Crippen molar-refractivity contribution < 1.29 is 9.90 Å². The van der Waals surface area contributed by atoms with Crippen LogP contribution in [-0.4, -0.2) is 24.2 Å². The van der Waals surface area contributed by atoms with Crippen LogP contribution < -0.4 is 4.90 Å². The summed E-state index contributed by atoms with van der Waals surface area (Å²) in [6.07, 6.45) is 2.11. The second kappa shape index (κ2) is 4.16. The molecular weight excluding hydrogens is 202 g/mol. The number of hydrogen-bond donors (Lipinski definition) is 1. The van der Waals surface area contributed by atoms with Gasteiger partial charge in [0, 0.05) is 12.2 Å². The minimum Gasteiger partial charge on any atom is -0.480 e. The molecule has 2 rings (SSSR count). The molecule has 3 heteroatoms. The highest BCUT2D eigenvalue weighted by atomic mass is 16.4. The first-order chi connectivity index (χ1) is 7.58. The van der Waals surface area contributed by atoms with Crippen molar-refractivity contribution in [3.05, 3.63) is 28.8 Å². The van der Waals surface area contributed by atoms with Crippen LogP contribution in [0.4, 0.5) is 5.69 Å². The molecule has 0 radical (unpaired) electrons. The zero-order valence-electron chi connectivity index (χ0n) is 9.79. The summed E-state index contributed by atoms with van der Waals surface area (Å²) in [5.74, 6) is -0.757. The largest absolute Gasteiger partial charge is 0.480 e. The van der Waals surface area contributed by atoms with Crippen LogP contribution in [0.25, 0.3) is 0 Å². The summed E-state index contributed by atoms with van der Waals surface area (Å²) in [6.45, 7) is 5.12. The fraction of sp³-hybridized carbons (Fsp3) is 0.462. The van der Waals surface area contributed by atoms with Gasteiger partial charge in [-0.25, -0.2) is 0 Å². The maximum atomic E-state index is 10.8. The third-order valence-electron chi connectivity index (χ3n) is 3.12. The van der Waals surface area contributed by atoms with Gasteiger partial charge in [-0.15, -0.1) is 0 Å². The van der Waals surface area contributed by atoms with Gasteiger partial charge in [-0.05, 0) is 49.4 Å². The molecule has 1 aromatic rings. The highest BCUT2D eigenvalue weighted by Gasteiger charge is 2.20. The number of benzene rings is 1. The van der Waals surface area contributed by atoms with E-state index in [1.165, 1.54) is 16.7 Å². The van der Waals surface area contributed by atoms with Gasteiger partial charge in [0.1, 0.15) is 6.54 Å². The molecule has 0 saturated carbocycles. The molecule has 1 N–H and O–H groups in total. The zero-order valence-corrected chi connectivity index (χ0v) is 9.79. The average Bonchev–Trinajstić information content (AvgIpc) is 2.18. The normalized spacial score (nSPS) is 14.8. The van der Waals surface area contributed by atoms with Crippen LogP contribution in [0.2, 0.25) is 0 Å². The maximum absolute atomic E-state index is 10.8. The van der Waals surface area contributed by atoms with Crippen molar-refractivity contribution in [2.24, 2.45) is 0 Å². The number of aryl methyl sites for hydroxylation is 2. The summed E-state index contributed by atoms with van der Waals surface area (Å²) >= 11 is 0. The van der Waals surface area contributed by atoms with Crippen LogP contribution in [-0.2, 0) is 11.2 Å². The molecule has 1 aliphatic rings. The van der Waals surface area contributed by atoms with E-state index < -0.39 is 5.97 Å². The predicted molar refractivity (Wildman–Crippen MR) is 64.1 cm³/mol. The first kappa shape index (κ1) is 11.0. The van der Waals surface area contributed by atoms with E-state index in [4.69, 9.17) is 5.11 Å². The van der Waals surface area contributed by atoms with Crippen molar-refractivity contribution >= 4 is 11.7 Å². The Morgan fingerprint density at radius 2 is 2.19 bits per heavy atom. The van der Waals surface area contributed by atoms with E-state index in [-0.39, 0.29) is 6.54 Å². The molecular formula is C13H17NO2. The van der Waals surface area contributed by atoms with Crippen LogP contribution in [0.3, 0.4) is 0 Å². The molecule has 16 heavy (non-hydrogen) atoms. The number of rotatable bonds is 2. The first-order valence-corrected chi connectivity index (χ1v) is 5.65. The predicted octanol–water partition coefficient (Wildman–Crippen LogP) is 2.14. The molecule has 1 heterocycles. The lowest BCUT2D eigenvalue weighted by atomic mass is 9.95. The molecule has 0 aromatic heterocycles. The quantitative estimate of drug-likeness (QED) is 0.828. The fourth-order valence-corrected chi connectivity index (χ4v) is 2.48. The molecule has 0 atom stereocenters. The number of anilines is 1. The topological polar surface area (TPSA) is 40.5 Å². The Hall–Kier alpha value is -1.51. The Balaban J connectivity index is 2.41. The number of carboxylic acid groups (broad SMARTS) is 1. The average molecular weight is 219 g/mol. The van der Waals surface area contributed by atoms with Gasteiger partial charge < -0.3 is 10.0 Å². The summed E-state index contributed by atoms with van der Waals surface area (Å²) in [6, 6.07) is 4.27. The van der Waals surface area contributed by atoms with Crippen LogP contribution in [0.1, 0.15) is 23.1 Å². The maximum Gasteiger partial charge on any atom is 0.323 e. The van der Waals surface area contributed by atoms with Gasteiger partial charge in [0.15, 0.2) is 0 Å². The molecule has 0 unspecified atom stereocenters. The number of nitrogens with zero attached hydrogens (tertiary/aromatic N) is 1. The summed E-state index contributed by atoms with van der Waals surface area (Å²) < 4.78 is 0. The molecule has 1 aliphatic heterocycles. The Bertz CT molecular complexity index is 426. The number of carboxylic acids is 1. The lowest BCUT2D eigenvalue weighted by Gasteiger charge is -2.31. The van der Waals surface area contributed by atoms with E-state index in [1.807, 2.05) is 4.90 Å². The van der Waals surface area contributed by atoms with Crippen molar-refractivity contribution in [1.29, 1.82) is 0 Å². The first-order valence-electron chi connectivity index (χ1n) is 5.65. The van der Waals surface area contributed by atoms with Crippen LogP contribution in [0.15, 0.2) is 12.1 Å². The number of carbonyl (C=O) groups is 1.